The van der Waals surface area contributed by atoms with Crippen LogP contribution in [0.25, 0.3) is 0 Å². The third-order valence-corrected chi connectivity index (χ3v) is 1.98. The molecule has 0 aliphatic carbocycles. The van der Waals surface area contributed by atoms with Crippen LogP contribution < -0.4 is 16.2 Å². The number of hydrogen-bond donors (Lipinski definition) is 2. The molecule has 1 amide bonds. The second-order valence-electron chi connectivity index (χ2n) is 3.26. The van der Waals surface area contributed by atoms with Gasteiger partial charge in [-0.3, -0.25) is 10.2 Å². The smallest absolute Gasteiger partial charge is 0.253 e. The van der Waals surface area contributed by atoms with Gasteiger partial charge in [-0.2, -0.15) is 0 Å². The van der Waals surface area contributed by atoms with Crippen molar-refractivity contribution >= 4 is 11.6 Å². The molecule has 0 aromatic heterocycles. The van der Waals surface area contributed by atoms with E-state index >= 15 is 0 Å². The minimum atomic E-state index is -0.200. The van der Waals surface area contributed by atoms with Gasteiger partial charge in [0.15, 0.2) is 0 Å². The Labute approximate surface area is 83.7 Å². The number of anilines is 1. The van der Waals surface area contributed by atoms with Gasteiger partial charge in [0.1, 0.15) is 0 Å². The van der Waals surface area contributed by atoms with Crippen molar-refractivity contribution in [1.82, 2.24) is 5.43 Å². The summed E-state index contributed by atoms with van der Waals surface area (Å²) >= 11 is 0. The van der Waals surface area contributed by atoms with Crippen molar-refractivity contribution in [3.05, 3.63) is 29.8 Å². The van der Waals surface area contributed by atoms with Crippen molar-refractivity contribution in [2.45, 2.75) is 6.92 Å². The Morgan fingerprint density at radius 3 is 2.86 bits per heavy atom. The molecular weight excluding hydrogens is 178 g/mol. The number of carbonyl (C=O) groups is 1. The zero-order valence-electron chi connectivity index (χ0n) is 8.45. The number of hydrazine groups is 1. The number of nitrogens with one attached hydrogen (secondary N) is 1. The lowest BCUT2D eigenvalue weighted by atomic mass is 10.2. The lowest BCUT2D eigenvalue weighted by Crippen LogP contribution is -2.38. The lowest BCUT2D eigenvalue weighted by molar-refractivity contribution is -0.119. The summed E-state index contributed by atoms with van der Waals surface area (Å²) in [4.78, 5) is 12.8. The molecular formula is C10H15N3O. The number of aryl methyl sites for hydroxylation is 1. The van der Waals surface area contributed by atoms with Gasteiger partial charge in [0.2, 0.25) is 0 Å². The highest BCUT2D eigenvalue weighted by atomic mass is 16.2. The lowest BCUT2D eigenvalue weighted by Gasteiger charge is -2.18. The van der Waals surface area contributed by atoms with Crippen molar-refractivity contribution in [2.75, 3.05) is 18.5 Å². The molecule has 1 rings (SSSR count). The van der Waals surface area contributed by atoms with Gasteiger partial charge >= 0.3 is 0 Å². The molecule has 0 heterocycles. The fraction of sp³-hybridized carbons (Fsp3) is 0.300. The van der Waals surface area contributed by atoms with E-state index < -0.39 is 0 Å². The molecule has 0 spiro atoms. The molecule has 4 nitrogen and oxygen atoms in total. The zero-order valence-corrected chi connectivity index (χ0v) is 8.45. The van der Waals surface area contributed by atoms with Gasteiger partial charge in [0, 0.05) is 12.7 Å². The minimum Gasteiger partial charge on any atom is -0.365 e. The van der Waals surface area contributed by atoms with Crippen LogP contribution in [0.15, 0.2) is 24.3 Å². The molecule has 0 aliphatic heterocycles. The first-order valence-electron chi connectivity index (χ1n) is 4.40. The van der Waals surface area contributed by atoms with Gasteiger partial charge in [0.25, 0.3) is 5.91 Å². The van der Waals surface area contributed by atoms with Crippen LogP contribution in [0.4, 0.5) is 5.69 Å². The number of rotatable bonds is 3. The molecule has 3 N–H and O–H groups in total. The van der Waals surface area contributed by atoms with E-state index in [1.807, 2.05) is 43.1 Å². The molecule has 1 aromatic carbocycles. The Morgan fingerprint density at radius 1 is 1.57 bits per heavy atom. The molecule has 1 aromatic rings. The number of carbonyl (C=O) groups excluding carboxylic acids is 1. The van der Waals surface area contributed by atoms with Crippen LogP contribution >= 0.6 is 0 Å². The molecule has 76 valence electrons. The first kappa shape index (κ1) is 10.5. The van der Waals surface area contributed by atoms with Gasteiger partial charge in [0.05, 0.1) is 6.54 Å². The van der Waals surface area contributed by atoms with Gasteiger partial charge in [-0.1, -0.05) is 12.1 Å². The SMILES string of the molecule is Cc1cccc(N(C)CC(=O)NN)c1. The number of amides is 1. The highest BCUT2D eigenvalue weighted by Crippen LogP contribution is 2.13. The van der Waals surface area contributed by atoms with E-state index in [1.165, 1.54) is 5.56 Å². The Bertz CT molecular complexity index is 325. The molecule has 0 bridgehead atoms. The van der Waals surface area contributed by atoms with Crippen LogP contribution in [-0.2, 0) is 4.79 Å². The summed E-state index contributed by atoms with van der Waals surface area (Å²) in [6.45, 7) is 2.28. The first-order chi connectivity index (χ1) is 6.63. The summed E-state index contributed by atoms with van der Waals surface area (Å²) < 4.78 is 0. The first-order valence-corrected chi connectivity index (χ1v) is 4.40. The molecule has 0 aliphatic rings. The van der Waals surface area contributed by atoms with Crippen molar-refractivity contribution in [2.24, 2.45) is 5.84 Å². The van der Waals surface area contributed by atoms with Crippen LogP contribution in [0.1, 0.15) is 5.56 Å². The summed E-state index contributed by atoms with van der Waals surface area (Å²) in [5.74, 6) is 4.80. The average Bonchev–Trinajstić information content (AvgIpc) is 2.17. The number of benzene rings is 1. The van der Waals surface area contributed by atoms with Crippen LogP contribution in [-0.4, -0.2) is 19.5 Å². The van der Waals surface area contributed by atoms with Crippen molar-refractivity contribution < 1.29 is 4.79 Å². The number of nitrogens with zero attached hydrogens (tertiary/aromatic N) is 1. The largest absolute Gasteiger partial charge is 0.365 e. The van der Waals surface area contributed by atoms with Crippen LogP contribution in [0.2, 0.25) is 0 Å². The molecule has 0 fully saturated rings. The predicted molar refractivity (Wildman–Crippen MR) is 56.8 cm³/mol. The molecule has 14 heavy (non-hydrogen) atoms. The third-order valence-electron chi connectivity index (χ3n) is 1.98. The van der Waals surface area contributed by atoms with Crippen molar-refractivity contribution in [1.29, 1.82) is 0 Å². The zero-order chi connectivity index (χ0) is 10.6. The Balaban J connectivity index is 2.69. The Hall–Kier alpha value is -1.55. The maximum atomic E-state index is 11.0. The summed E-state index contributed by atoms with van der Waals surface area (Å²) in [6, 6.07) is 7.95. The number of nitrogens with two attached hydrogens (primary N) is 1. The van der Waals surface area contributed by atoms with Gasteiger partial charge in [-0.25, -0.2) is 5.84 Å². The Morgan fingerprint density at radius 2 is 2.29 bits per heavy atom. The van der Waals surface area contributed by atoms with Crippen LogP contribution in [0.5, 0.6) is 0 Å². The van der Waals surface area contributed by atoms with Gasteiger partial charge in [-0.05, 0) is 24.6 Å². The van der Waals surface area contributed by atoms with Crippen LogP contribution in [0, 0.1) is 6.92 Å². The van der Waals surface area contributed by atoms with E-state index in [1.54, 1.807) is 0 Å². The number of hydrogen-bond acceptors (Lipinski definition) is 3. The molecule has 0 saturated heterocycles. The normalized spacial score (nSPS) is 9.64. The standard InChI is InChI=1S/C10H15N3O/c1-8-4-3-5-9(6-8)13(2)7-10(14)12-11/h3-6H,7,11H2,1-2H3,(H,12,14). The predicted octanol–water partition coefficient (Wildman–Crippen LogP) is 0.421. The van der Waals surface area contributed by atoms with E-state index in [0.29, 0.717) is 0 Å². The van der Waals surface area contributed by atoms with E-state index in [9.17, 15) is 4.79 Å². The number of likely N-dealkylation sites (N-methyl/N-ethyl adjacent to an activating group) is 1. The minimum absolute atomic E-state index is 0.200. The summed E-state index contributed by atoms with van der Waals surface area (Å²) in [6.07, 6.45) is 0. The average molecular weight is 193 g/mol. The summed E-state index contributed by atoms with van der Waals surface area (Å²) in [5, 5.41) is 0. The van der Waals surface area contributed by atoms with Gasteiger partial charge < -0.3 is 4.90 Å². The highest BCUT2D eigenvalue weighted by Gasteiger charge is 2.05. The fourth-order valence-electron chi connectivity index (χ4n) is 1.22. The summed E-state index contributed by atoms with van der Waals surface area (Å²) in [5.41, 5.74) is 4.28. The molecule has 0 unspecified atom stereocenters. The van der Waals surface area contributed by atoms with E-state index in [4.69, 9.17) is 5.84 Å². The Kier molecular flexibility index (Phi) is 3.48. The highest BCUT2D eigenvalue weighted by molar-refractivity contribution is 5.80. The topological polar surface area (TPSA) is 58.4 Å². The molecule has 0 atom stereocenters. The molecule has 0 saturated carbocycles. The van der Waals surface area contributed by atoms with E-state index in [2.05, 4.69) is 5.43 Å². The van der Waals surface area contributed by atoms with Crippen LogP contribution in [0.3, 0.4) is 0 Å². The second-order valence-corrected chi connectivity index (χ2v) is 3.26. The maximum absolute atomic E-state index is 11.0. The quantitative estimate of drug-likeness (QED) is 0.415. The fourth-order valence-corrected chi connectivity index (χ4v) is 1.22. The van der Waals surface area contributed by atoms with Crippen molar-refractivity contribution in [3.8, 4) is 0 Å². The maximum Gasteiger partial charge on any atom is 0.253 e. The van der Waals surface area contributed by atoms with Gasteiger partial charge in [-0.15, -0.1) is 0 Å². The molecule has 4 heteroatoms. The third kappa shape index (κ3) is 2.74. The monoisotopic (exact) mass is 193 g/mol. The van der Waals surface area contributed by atoms with E-state index in [-0.39, 0.29) is 12.5 Å². The van der Waals surface area contributed by atoms with E-state index in [0.717, 1.165) is 5.69 Å². The van der Waals surface area contributed by atoms with Crippen molar-refractivity contribution in [3.63, 3.8) is 0 Å². The molecule has 0 radical (unpaired) electrons. The summed E-state index contributed by atoms with van der Waals surface area (Å²) in [7, 11) is 1.85. The second kappa shape index (κ2) is 4.62.